The molecule has 13 nitrogen and oxygen atoms in total. The Hall–Kier alpha value is -3.38. The molecule has 0 aliphatic rings. The van der Waals surface area contributed by atoms with Crippen LogP contribution in [0.3, 0.4) is 0 Å². The van der Waals surface area contributed by atoms with Crippen molar-refractivity contribution in [2.24, 2.45) is 4.99 Å². The number of pyridine rings is 1. The molecular weight excluding hydrogens is 629 g/mol. The number of hydrogen-bond donors (Lipinski definition) is 2. The van der Waals surface area contributed by atoms with Crippen LogP contribution in [0.1, 0.15) is 25.7 Å². The third kappa shape index (κ3) is 18.9. The van der Waals surface area contributed by atoms with Gasteiger partial charge in [0, 0.05) is 30.8 Å². The van der Waals surface area contributed by atoms with Gasteiger partial charge >= 0.3 is 6.16 Å². The zero-order valence-electron chi connectivity index (χ0n) is 25.5. The predicted molar refractivity (Wildman–Crippen MR) is 169 cm³/mol. The van der Waals surface area contributed by atoms with E-state index in [-0.39, 0.29) is 25.1 Å². The fourth-order valence-corrected chi connectivity index (χ4v) is 3.84. The minimum atomic E-state index is -0.851. The summed E-state index contributed by atoms with van der Waals surface area (Å²) >= 11 is 12.2. The van der Waals surface area contributed by atoms with Crippen LogP contribution in [-0.2, 0) is 35.2 Å². The molecule has 0 amide bonds. The fraction of sp³-hybridized carbons (Fsp3) is 0.533. The van der Waals surface area contributed by atoms with Crippen LogP contribution in [0.25, 0.3) is 0 Å². The lowest BCUT2D eigenvalue weighted by molar-refractivity contribution is -0.725. The molecule has 1 aromatic heterocycles. The number of nitriles is 1. The molecule has 0 spiro atoms. The van der Waals surface area contributed by atoms with Crippen LogP contribution < -0.4 is 19.9 Å². The van der Waals surface area contributed by atoms with E-state index >= 15 is 0 Å². The Kier molecular flexibility index (Phi) is 20.9. The summed E-state index contributed by atoms with van der Waals surface area (Å²) in [6.45, 7) is 4.05. The van der Waals surface area contributed by atoms with E-state index in [4.69, 9.17) is 61.6 Å². The molecule has 0 saturated heterocycles. The highest BCUT2D eigenvalue weighted by molar-refractivity contribution is 6.30. The number of anilines is 1. The highest BCUT2D eigenvalue weighted by Gasteiger charge is 2.14. The van der Waals surface area contributed by atoms with Crippen LogP contribution in [0, 0.1) is 11.5 Å². The van der Waals surface area contributed by atoms with Crippen molar-refractivity contribution >= 4 is 41.0 Å². The summed E-state index contributed by atoms with van der Waals surface area (Å²) < 4.78 is 38.2. The van der Waals surface area contributed by atoms with Crippen LogP contribution in [0.5, 0.6) is 5.75 Å². The van der Waals surface area contributed by atoms with Crippen molar-refractivity contribution in [3.8, 4) is 11.9 Å². The molecule has 1 aromatic carbocycles. The van der Waals surface area contributed by atoms with Gasteiger partial charge in [-0.15, -0.1) is 0 Å². The lowest BCUT2D eigenvalue weighted by Crippen LogP contribution is -2.37. The third-order valence-corrected chi connectivity index (χ3v) is 6.35. The standard InChI is InChI=1S/C30H41Cl2N5O8/c1-39-14-15-40-16-17-41-18-19-42-20-21-44-30(38)45-24-37-12-10-26(22-28(37)32)36-29(35-23-33)34-11-4-2-3-5-13-43-27-8-6-25(31)7-9-27/h6-10,12,22H,2-5,11,13-21,24H2,1H3,(H,34,35)/p+1. The number of methoxy groups -OCH3 is 1. The number of guanidine groups is 1. The second-order valence-electron chi connectivity index (χ2n) is 9.22. The van der Waals surface area contributed by atoms with Gasteiger partial charge < -0.3 is 38.5 Å². The summed E-state index contributed by atoms with van der Waals surface area (Å²) in [4.78, 5) is 16.3. The molecule has 0 aliphatic heterocycles. The van der Waals surface area contributed by atoms with Gasteiger partial charge in [0.25, 0.3) is 11.9 Å². The topological polar surface area (TPSA) is 146 Å². The molecule has 248 valence electrons. The Labute approximate surface area is 274 Å². The average Bonchev–Trinajstić information content (AvgIpc) is 3.03. The number of unbranched alkanes of at least 4 members (excludes halogenated alkanes) is 3. The lowest BCUT2D eigenvalue weighted by atomic mass is 10.2. The van der Waals surface area contributed by atoms with Gasteiger partial charge in [0.2, 0.25) is 5.96 Å². The first-order valence-electron chi connectivity index (χ1n) is 14.6. The van der Waals surface area contributed by atoms with Crippen molar-refractivity contribution in [3.05, 3.63) is 52.8 Å². The lowest BCUT2D eigenvalue weighted by Gasteiger charge is -2.09. The summed E-state index contributed by atoms with van der Waals surface area (Å²) in [5.41, 5.74) is 0.597. The summed E-state index contributed by atoms with van der Waals surface area (Å²) in [6, 6.07) is 10.6. The van der Waals surface area contributed by atoms with Crippen molar-refractivity contribution in [2.45, 2.75) is 32.4 Å². The number of nitrogens with one attached hydrogen (secondary N) is 2. The average molecular weight is 672 g/mol. The summed E-state index contributed by atoms with van der Waals surface area (Å²) in [6.07, 6.45) is 6.40. The minimum Gasteiger partial charge on any atom is -0.494 e. The van der Waals surface area contributed by atoms with Crippen LogP contribution >= 0.6 is 23.2 Å². The van der Waals surface area contributed by atoms with Crippen LogP contribution in [0.4, 0.5) is 10.5 Å². The minimum absolute atomic E-state index is 0.0347. The molecule has 2 rings (SSSR count). The maximum Gasteiger partial charge on any atom is 0.513 e. The van der Waals surface area contributed by atoms with Crippen molar-refractivity contribution in [3.63, 3.8) is 0 Å². The van der Waals surface area contributed by atoms with Gasteiger partial charge in [-0.3, -0.25) is 10.3 Å². The smallest absolute Gasteiger partial charge is 0.494 e. The van der Waals surface area contributed by atoms with Crippen molar-refractivity contribution in [1.29, 1.82) is 5.26 Å². The van der Waals surface area contributed by atoms with E-state index in [9.17, 15) is 4.79 Å². The Morgan fingerprint density at radius 2 is 1.53 bits per heavy atom. The normalized spacial score (nSPS) is 11.1. The van der Waals surface area contributed by atoms with Gasteiger partial charge in [-0.1, -0.05) is 18.0 Å². The molecule has 0 fully saturated rings. The van der Waals surface area contributed by atoms with E-state index in [0.717, 1.165) is 31.4 Å². The van der Waals surface area contributed by atoms with Crippen molar-refractivity contribution in [1.82, 2.24) is 5.32 Å². The molecule has 0 saturated carbocycles. The molecule has 2 N–H and O–H groups in total. The number of ether oxygens (including phenoxy) is 7. The van der Waals surface area contributed by atoms with Gasteiger partial charge in [-0.25, -0.2) is 4.79 Å². The predicted octanol–water partition coefficient (Wildman–Crippen LogP) is 4.57. The summed E-state index contributed by atoms with van der Waals surface area (Å²) in [5.74, 6) is 1.11. The maximum atomic E-state index is 11.9. The molecule has 0 aliphatic carbocycles. The monoisotopic (exact) mass is 670 g/mol. The molecule has 2 aromatic rings. The Balaban J connectivity index is 1.57. The SMILES string of the molecule is COCCOCCOCCOCCOC(=O)OC[n+]1ccc(NC(=NCCCCCCOc2ccc(Cl)cc2)NC#N)cc1Cl. The molecule has 0 bridgehead atoms. The quantitative estimate of drug-likeness (QED) is 0.0251. The highest BCUT2D eigenvalue weighted by atomic mass is 35.5. The molecule has 1 heterocycles. The largest absolute Gasteiger partial charge is 0.513 e. The Morgan fingerprint density at radius 3 is 2.20 bits per heavy atom. The first-order chi connectivity index (χ1) is 22.0. The van der Waals surface area contributed by atoms with Gasteiger partial charge in [0.1, 0.15) is 12.4 Å². The fourth-order valence-electron chi connectivity index (χ4n) is 3.49. The second kappa shape index (κ2) is 24.9. The third-order valence-electron chi connectivity index (χ3n) is 5.77. The number of nitrogens with zero attached hydrogens (tertiary/aromatic N) is 3. The molecule has 0 unspecified atom stereocenters. The van der Waals surface area contributed by atoms with E-state index in [1.54, 1.807) is 37.6 Å². The van der Waals surface area contributed by atoms with Crippen molar-refractivity contribution in [2.75, 3.05) is 78.4 Å². The Morgan fingerprint density at radius 1 is 0.867 bits per heavy atom. The van der Waals surface area contributed by atoms with E-state index in [2.05, 4.69) is 15.6 Å². The maximum absolute atomic E-state index is 11.9. The van der Waals surface area contributed by atoms with E-state index in [1.807, 2.05) is 18.3 Å². The first kappa shape index (κ1) is 37.8. The zero-order chi connectivity index (χ0) is 32.4. The van der Waals surface area contributed by atoms with E-state index < -0.39 is 6.16 Å². The number of hydrogen-bond acceptors (Lipinski definition) is 10. The molecule has 0 atom stereocenters. The molecule has 45 heavy (non-hydrogen) atoms. The molecule has 15 heteroatoms. The van der Waals surface area contributed by atoms with Gasteiger partial charge in [0.15, 0.2) is 12.4 Å². The number of aromatic nitrogens is 1. The highest BCUT2D eigenvalue weighted by Crippen LogP contribution is 2.16. The zero-order valence-corrected chi connectivity index (χ0v) is 27.0. The summed E-state index contributed by atoms with van der Waals surface area (Å²) in [7, 11) is 1.62. The van der Waals surface area contributed by atoms with Crippen LogP contribution in [0.2, 0.25) is 10.2 Å². The van der Waals surface area contributed by atoms with Crippen LogP contribution in [-0.4, -0.2) is 85.2 Å². The molecule has 0 radical (unpaired) electrons. The molecular formula is C30H42Cl2N5O8+. The summed E-state index contributed by atoms with van der Waals surface area (Å²) in [5, 5.41) is 15.6. The second-order valence-corrected chi connectivity index (χ2v) is 10.0. The van der Waals surface area contributed by atoms with Gasteiger partial charge in [-0.2, -0.15) is 9.83 Å². The number of aliphatic imine (C=N–C) groups is 1. The van der Waals surface area contributed by atoms with Crippen LogP contribution in [0.15, 0.2) is 47.6 Å². The number of halogens is 2. The van der Waals surface area contributed by atoms with E-state index in [0.29, 0.717) is 69.5 Å². The van der Waals surface area contributed by atoms with Gasteiger partial charge in [-0.05, 0) is 55.1 Å². The number of rotatable bonds is 23. The Bertz CT molecular complexity index is 1170. The van der Waals surface area contributed by atoms with Crippen molar-refractivity contribution < 1.29 is 42.5 Å². The van der Waals surface area contributed by atoms with Gasteiger partial charge in [0.05, 0.1) is 58.5 Å². The number of carbonyl (C=O) groups is 1. The number of benzene rings is 1. The number of carbonyl (C=O) groups excluding carboxylic acids is 1. The van der Waals surface area contributed by atoms with E-state index in [1.165, 1.54) is 4.57 Å². The first-order valence-corrected chi connectivity index (χ1v) is 15.3.